The van der Waals surface area contributed by atoms with E-state index in [-0.39, 0.29) is 0 Å². The minimum atomic E-state index is -5.08. The highest BCUT2D eigenvalue weighted by molar-refractivity contribution is 7.09. The Bertz CT molecular complexity index is 874. The van der Waals surface area contributed by atoms with Crippen LogP contribution in [0.25, 0.3) is 11.3 Å². The average Bonchev–Trinajstić information content (AvgIpc) is 3.35. The summed E-state index contributed by atoms with van der Waals surface area (Å²) < 4.78 is 34.1. The standard InChI is InChI=1S/C15H15N3S2.C2HF3O2/c1-2-13(20-6-1)9-17-4-5-18-14(8-16-15(18)10-17)12-3-7-19-11-12;3-2(4,5)1(6)7/h1-3,6-8,11H,4-5,9-10H2;(H,6,7). The molecule has 27 heavy (non-hydrogen) atoms. The molecule has 1 aliphatic rings. The van der Waals surface area contributed by atoms with Crippen molar-refractivity contribution < 1.29 is 23.1 Å². The lowest BCUT2D eigenvalue weighted by atomic mass is 10.2. The number of alkyl halides is 3. The first kappa shape index (κ1) is 19.6. The lowest BCUT2D eigenvalue weighted by Crippen LogP contribution is -2.33. The third kappa shape index (κ3) is 4.96. The van der Waals surface area contributed by atoms with Crippen LogP contribution in [0.2, 0.25) is 0 Å². The van der Waals surface area contributed by atoms with Crippen molar-refractivity contribution in [2.45, 2.75) is 25.8 Å². The summed E-state index contributed by atoms with van der Waals surface area (Å²) in [4.78, 5) is 17.4. The number of fused-ring (bicyclic) bond motifs is 1. The van der Waals surface area contributed by atoms with Gasteiger partial charge in [0.2, 0.25) is 0 Å². The number of hydrogen-bond acceptors (Lipinski definition) is 5. The van der Waals surface area contributed by atoms with Gasteiger partial charge in [0.15, 0.2) is 0 Å². The van der Waals surface area contributed by atoms with Crippen molar-refractivity contribution in [2.24, 2.45) is 0 Å². The van der Waals surface area contributed by atoms with Gasteiger partial charge in [0.05, 0.1) is 18.4 Å². The molecular formula is C17H16F3N3O2S2. The van der Waals surface area contributed by atoms with E-state index in [0.29, 0.717) is 0 Å². The van der Waals surface area contributed by atoms with Gasteiger partial charge in [-0.1, -0.05) is 6.07 Å². The first-order valence-electron chi connectivity index (χ1n) is 7.96. The largest absolute Gasteiger partial charge is 0.490 e. The van der Waals surface area contributed by atoms with Crippen LogP contribution in [-0.2, 0) is 24.4 Å². The summed E-state index contributed by atoms with van der Waals surface area (Å²) >= 11 is 3.58. The molecule has 0 fully saturated rings. The number of imidazole rings is 1. The molecule has 0 saturated heterocycles. The molecule has 4 heterocycles. The van der Waals surface area contributed by atoms with E-state index in [1.54, 1.807) is 11.3 Å². The fourth-order valence-corrected chi connectivity index (χ4v) is 4.10. The van der Waals surface area contributed by atoms with Crippen LogP contribution in [0.1, 0.15) is 10.7 Å². The number of carboxylic acids is 1. The summed E-state index contributed by atoms with van der Waals surface area (Å²) in [7, 11) is 0. The van der Waals surface area contributed by atoms with Crippen molar-refractivity contribution in [3.05, 3.63) is 51.2 Å². The molecule has 0 aromatic carbocycles. The number of hydrogen-bond donors (Lipinski definition) is 1. The zero-order valence-corrected chi connectivity index (χ0v) is 15.7. The van der Waals surface area contributed by atoms with Gasteiger partial charge in [-0.25, -0.2) is 9.78 Å². The molecule has 0 atom stereocenters. The number of rotatable bonds is 3. The quantitative estimate of drug-likeness (QED) is 0.692. The molecule has 3 aromatic heterocycles. The van der Waals surface area contributed by atoms with Crippen molar-refractivity contribution in [3.63, 3.8) is 0 Å². The monoisotopic (exact) mass is 415 g/mol. The van der Waals surface area contributed by atoms with E-state index >= 15 is 0 Å². The van der Waals surface area contributed by atoms with Crippen LogP contribution < -0.4 is 0 Å². The molecule has 1 aliphatic heterocycles. The lowest BCUT2D eigenvalue weighted by Gasteiger charge is -2.28. The maximum absolute atomic E-state index is 10.6. The Balaban J connectivity index is 0.000000260. The number of nitrogens with zero attached hydrogens (tertiary/aromatic N) is 3. The van der Waals surface area contributed by atoms with Gasteiger partial charge in [-0.2, -0.15) is 24.5 Å². The highest BCUT2D eigenvalue weighted by Gasteiger charge is 2.38. The van der Waals surface area contributed by atoms with Crippen LogP contribution in [0.4, 0.5) is 13.2 Å². The molecular weight excluding hydrogens is 399 g/mol. The second-order valence-electron chi connectivity index (χ2n) is 5.82. The third-order valence-corrected chi connectivity index (χ3v) is 5.51. The summed E-state index contributed by atoms with van der Waals surface area (Å²) in [5.74, 6) is -1.57. The maximum Gasteiger partial charge on any atom is 0.490 e. The maximum atomic E-state index is 10.6. The molecule has 0 unspecified atom stereocenters. The SMILES string of the molecule is O=C(O)C(F)(F)F.c1csc(CN2CCn3c(-c4ccsc4)cnc3C2)c1. The van der Waals surface area contributed by atoms with E-state index in [9.17, 15) is 13.2 Å². The molecule has 4 rings (SSSR count). The highest BCUT2D eigenvalue weighted by Crippen LogP contribution is 2.26. The van der Waals surface area contributed by atoms with Crippen LogP contribution in [0.5, 0.6) is 0 Å². The second-order valence-corrected chi connectivity index (χ2v) is 7.63. The summed E-state index contributed by atoms with van der Waals surface area (Å²) in [6.45, 7) is 4.12. The number of thiophene rings is 2. The van der Waals surface area contributed by atoms with Gasteiger partial charge in [-0.15, -0.1) is 11.3 Å². The van der Waals surface area contributed by atoms with Gasteiger partial charge in [-0.05, 0) is 22.9 Å². The van der Waals surface area contributed by atoms with Crippen molar-refractivity contribution in [1.82, 2.24) is 14.5 Å². The molecule has 1 N–H and O–H groups in total. The zero-order valence-electron chi connectivity index (χ0n) is 14.0. The van der Waals surface area contributed by atoms with Crippen molar-refractivity contribution in [2.75, 3.05) is 6.54 Å². The van der Waals surface area contributed by atoms with E-state index in [0.717, 1.165) is 26.2 Å². The molecule has 10 heteroatoms. The normalized spacial score (nSPS) is 14.3. The lowest BCUT2D eigenvalue weighted by molar-refractivity contribution is -0.192. The van der Waals surface area contributed by atoms with E-state index in [4.69, 9.17) is 9.90 Å². The Morgan fingerprint density at radius 2 is 2.04 bits per heavy atom. The predicted octanol–water partition coefficient (Wildman–Crippen LogP) is 4.32. The number of halogens is 3. The molecule has 0 bridgehead atoms. The highest BCUT2D eigenvalue weighted by atomic mass is 32.1. The van der Waals surface area contributed by atoms with Gasteiger partial charge < -0.3 is 9.67 Å². The fourth-order valence-electron chi connectivity index (χ4n) is 2.71. The third-order valence-electron chi connectivity index (χ3n) is 3.96. The van der Waals surface area contributed by atoms with Gasteiger partial charge in [0, 0.05) is 35.5 Å². The van der Waals surface area contributed by atoms with Crippen LogP contribution in [0.15, 0.2) is 40.5 Å². The Kier molecular flexibility index (Phi) is 5.98. The molecule has 3 aromatic rings. The van der Waals surface area contributed by atoms with Gasteiger partial charge in [-0.3, -0.25) is 4.90 Å². The fraction of sp³-hybridized carbons (Fsp3) is 0.294. The minimum absolute atomic E-state index is 0.946. The first-order chi connectivity index (χ1) is 12.8. The summed E-state index contributed by atoms with van der Waals surface area (Å²) in [6, 6.07) is 6.51. The number of carbonyl (C=O) groups is 1. The first-order valence-corrected chi connectivity index (χ1v) is 9.78. The topological polar surface area (TPSA) is 58.4 Å². The van der Waals surface area contributed by atoms with Crippen molar-refractivity contribution >= 4 is 28.6 Å². The molecule has 0 spiro atoms. The molecule has 0 radical (unpaired) electrons. The van der Waals surface area contributed by atoms with Crippen LogP contribution in [-0.4, -0.2) is 38.2 Å². The number of aromatic nitrogens is 2. The van der Waals surface area contributed by atoms with Crippen molar-refractivity contribution in [3.8, 4) is 11.3 Å². The number of carboxylic acid groups (broad SMARTS) is 1. The van der Waals surface area contributed by atoms with E-state index in [1.807, 2.05) is 17.5 Å². The molecule has 0 aliphatic carbocycles. The Morgan fingerprint density at radius 1 is 1.26 bits per heavy atom. The molecule has 0 amide bonds. The van der Waals surface area contributed by atoms with E-state index in [2.05, 4.69) is 48.8 Å². The Labute approximate surface area is 161 Å². The second kappa shape index (κ2) is 8.24. The van der Waals surface area contributed by atoms with Gasteiger partial charge in [0.1, 0.15) is 5.82 Å². The van der Waals surface area contributed by atoms with Crippen LogP contribution >= 0.6 is 22.7 Å². The van der Waals surface area contributed by atoms with Gasteiger partial charge in [0.25, 0.3) is 0 Å². The average molecular weight is 415 g/mol. The molecule has 0 saturated carbocycles. The Morgan fingerprint density at radius 3 is 2.63 bits per heavy atom. The minimum Gasteiger partial charge on any atom is -0.475 e. The Hall–Kier alpha value is -2.17. The van der Waals surface area contributed by atoms with Crippen molar-refractivity contribution in [1.29, 1.82) is 0 Å². The molecule has 144 valence electrons. The summed E-state index contributed by atoms with van der Waals surface area (Å²) in [6.07, 6.45) is -3.06. The van der Waals surface area contributed by atoms with Crippen LogP contribution in [0, 0.1) is 0 Å². The van der Waals surface area contributed by atoms with Gasteiger partial charge >= 0.3 is 12.1 Å². The zero-order chi connectivity index (χ0) is 19.4. The van der Waals surface area contributed by atoms with E-state index < -0.39 is 12.1 Å². The number of aliphatic carboxylic acids is 1. The molecule has 5 nitrogen and oxygen atoms in total. The summed E-state index contributed by atoms with van der Waals surface area (Å²) in [5.41, 5.74) is 2.55. The smallest absolute Gasteiger partial charge is 0.475 e. The van der Waals surface area contributed by atoms with E-state index in [1.165, 1.54) is 22.0 Å². The van der Waals surface area contributed by atoms with Crippen LogP contribution in [0.3, 0.4) is 0 Å². The predicted molar refractivity (Wildman–Crippen MR) is 97.7 cm³/mol. The summed E-state index contributed by atoms with van der Waals surface area (Å²) in [5, 5.41) is 13.6.